The summed E-state index contributed by atoms with van der Waals surface area (Å²) in [5, 5.41) is 14.4. The molecule has 0 aliphatic rings. The van der Waals surface area contributed by atoms with Crippen LogP contribution in [0.25, 0.3) is 0 Å². The van der Waals surface area contributed by atoms with Crippen LogP contribution in [0.1, 0.15) is 37.0 Å². The van der Waals surface area contributed by atoms with E-state index >= 15 is 0 Å². The number of rotatable bonds is 6. The standard InChI is InChI=1S/C14H19BrN2O3/c1-3-9(4-2)8-16-14(20)17-12-7-10(13(18)19)5-6-11(12)15/h5-7,9H,3-4,8H2,1-2H3,(H,18,19)(H2,16,17,20). The smallest absolute Gasteiger partial charge is 0.335 e. The Hall–Kier alpha value is -1.56. The SMILES string of the molecule is CCC(CC)CNC(=O)Nc1cc(C(=O)O)ccc1Br. The zero-order valence-electron chi connectivity index (χ0n) is 11.6. The number of aromatic carboxylic acids is 1. The van der Waals surface area contributed by atoms with Gasteiger partial charge in [-0.25, -0.2) is 9.59 Å². The highest BCUT2D eigenvalue weighted by atomic mass is 79.9. The van der Waals surface area contributed by atoms with Crippen LogP contribution in [0.3, 0.4) is 0 Å². The molecular formula is C14H19BrN2O3. The number of hydrogen-bond acceptors (Lipinski definition) is 2. The monoisotopic (exact) mass is 342 g/mol. The van der Waals surface area contributed by atoms with Crippen LogP contribution in [0.4, 0.5) is 10.5 Å². The van der Waals surface area contributed by atoms with E-state index in [2.05, 4.69) is 40.4 Å². The minimum Gasteiger partial charge on any atom is -0.478 e. The molecule has 2 amide bonds. The van der Waals surface area contributed by atoms with Gasteiger partial charge in [-0.2, -0.15) is 0 Å². The van der Waals surface area contributed by atoms with E-state index in [1.807, 2.05) is 0 Å². The lowest BCUT2D eigenvalue weighted by Crippen LogP contribution is -2.33. The minimum absolute atomic E-state index is 0.128. The second kappa shape index (κ2) is 7.89. The van der Waals surface area contributed by atoms with Gasteiger partial charge in [0, 0.05) is 11.0 Å². The van der Waals surface area contributed by atoms with Gasteiger partial charge in [-0.1, -0.05) is 26.7 Å². The highest BCUT2D eigenvalue weighted by Crippen LogP contribution is 2.23. The van der Waals surface area contributed by atoms with Gasteiger partial charge in [0.05, 0.1) is 11.3 Å². The first-order chi connectivity index (χ1) is 9.47. The van der Waals surface area contributed by atoms with Crippen molar-refractivity contribution in [1.82, 2.24) is 5.32 Å². The van der Waals surface area contributed by atoms with E-state index < -0.39 is 5.97 Å². The predicted octanol–water partition coefficient (Wildman–Crippen LogP) is 3.71. The first-order valence-electron chi connectivity index (χ1n) is 6.55. The molecule has 1 aromatic rings. The number of anilines is 1. The van der Waals surface area contributed by atoms with Crippen molar-refractivity contribution in [3.63, 3.8) is 0 Å². The molecule has 110 valence electrons. The summed E-state index contributed by atoms with van der Waals surface area (Å²) in [7, 11) is 0. The van der Waals surface area contributed by atoms with Gasteiger partial charge in [-0.15, -0.1) is 0 Å². The molecule has 5 nitrogen and oxygen atoms in total. The van der Waals surface area contributed by atoms with Crippen LogP contribution in [0.5, 0.6) is 0 Å². The fourth-order valence-electron chi connectivity index (χ4n) is 1.73. The summed E-state index contributed by atoms with van der Waals surface area (Å²) >= 11 is 3.28. The van der Waals surface area contributed by atoms with Crippen molar-refractivity contribution in [3.8, 4) is 0 Å². The normalized spacial score (nSPS) is 10.4. The third-order valence-corrected chi connectivity index (χ3v) is 3.86. The maximum Gasteiger partial charge on any atom is 0.335 e. The lowest BCUT2D eigenvalue weighted by atomic mass is 10.0. The molecule has 0 fully saturated rings. The third kappa shape index (κ3) is 4.85. The van der Waals surface area contributed by atoms with Crippen molar-refractivity contribution < 1.29 is 14.7 Å². The van der Waals surface area contributed by atoms with E-state index in [4.69, 9.17) is 5.11 Å². The number of nitrogens with one attached hydrogen (secondary N) is 2. The lowest BCUT2D eigenvalue weighted by molar-refractivity contribution is 0.0697. The fraction of sp³-hybridized carbons (Fsp3) is 0.429. The average molecular weight is 343 g/mol. The molecule has 1 aromatic carbocycles. The molecule has 0 unspecified atom stereocenters. The number of halogens is 1. The summed E-state index contributed by atoms with van der Waals surface area (Å²) in [5.74, 6) is -0.576. The summed E-state index contributed by atoms with van der Waals surface area (Å²) in [6.45, 7) is 4.77. The van der Waals surface area contributed by atoms with E-state index in [0.29, 0.717) is 22.6 Å². The lowest BCUT2D eigenvalue weighted by Gasteiger charge is -2.14. The molecule has 20 heavy (non-hydrogen) atoms. The van der Waals surface area contributed by atoms with Crippen LogP contribution in [0.2, 0.25) is 0 Å². The Morgan fingerprint density at radius 3 is 2.50 bits per heavy atom. The molecular weight excluding hydrogens is 324 g/mol. The van der Waals surface area contributed by atoms with Crippen LogP contribution >= 0.6 is 15.9 Å². The highest BCUT2D eigenvalue weighted by Gasteiger charge is 2.11. The second-order valence-corrected chi connectivity index (χ2v) is 5.37. The van der Waals surface area contributed by atoms with E-state index in [1.165, 1.54) is 12.1 Å². The molecule has 3 N–H and O–H groups in total. The number of carbonyl (C=O) groups excluding carboxylic acids is 1. The van der Waals surface area contributed by atoms with Crippen molar-refractivity contribution in [2.75, 3.05) is 11.9 Å². The van der Waals surface area contributed by atoms with Crippen molar-refractivity contribution in [3.05, 3.63) is 28.2 Å². The second-order valence-electron chi connectivity index (χ2n) is 4.52. The number of carboxylic acid groups (broad SMARTS) is 1. The van der Waals surface area contributed by atoms with Gasteiger partial charge < -0.3 is 15.7 Å². The molecule has 0 heterocycles. The Labute approximate surface area is 126 Å². The molecule has 0 radical (unpaired) electrons. The average Bonchev–Trinajstić information content (AvgIpc) is 2.42. The topological polar surface area (TPSA) is 78.4 Å². The third-order valence-electron chi connectivity index (χ3n) is 3.17. The van der Waals surface area contributed by atoms with E-state index in [1.54, 1.807) is 6.07 Å². The van der Waals surface area contributed by atoms with Crippen molar-refractivity contribution in [2.45, 2.75) is 26.7 Å². The summed E-state index contributed by atoms with van der Waals surface area (Å²) < 4.78 is 0.639. The van der Waals surface area contributed by atoms with Crippen LogP contribution in [0, 0.1) is 5.92 Å². The van der Waals surface area contributed by atoms with Gasteiger partial charge in [0.15, 0.2) is 0 Å². The van der Waals surface area contributed by atoms with Crippen LogP contribution in [0.15, 0.2) is 22.7 Å². The van der Waals surface area contributed by atoms with Crippen molar-refractivity contribution in [1.29, 1.82) is 0 Å². The Morgan fingerprint density at radius 2 is 1.95 bits per heavy atom. The molecule has 0 saturated carbocycles. The first kappa shape index (κ1) is 16.5. The van der Waals surface area contributed by atoms with Crippen molar-refractivity contribution in [2.24, 2.45) is 5.92 Å². The quantitative estimate of drug-likeness (QED) is 0.737. The Kier molecular flexibility index (Phi) is 6.51. The van der Waals surface area contributed by atoms with E-state index in [9.17, 15) is 9.59 Å². The van der Waals surface area contributed by atoms with Crippen LogP contribution in [-0.4, -0.2) is 23.7 Å². The molecule has 0 saturated heterocycles. The summed E-state index contributed by atoms with van der Waals surface area (Å²) in [6, 6.07) is 4.16. The molecule has 0 bridgehead atoms. The number of carbonyl (C=O) groups is 2. The van der Waals surface area contributed by atoms with Gasteiger partial charge in [0.1, 0.15) is 0 Å². The summed E-state index contributed by atoms with van der Waals surface area (Å²) in [6.07, 6.45) is 2.02. The van der Waals surface area contributed by atoms with Crippen LogP contribution in [-0.2, 0) is 0 Å². The molecule has 0 aliphatic carbocycles. The number of benzene rings is 1. The maximum atomic E-state index is 11.8. The minimum atomic E-state index is -1.03. The summed E-state index contributed by atoms with van der Waals surface area (Å²) in [5.41, 5.74) is 0.565. The first-order valence-corrected chi connectivity index (χ1v) is 7.34. The number of amides is 2. The van der Waals surface area contributed by atoms with Gasteiger partial charge in [0.25, 0.3) is 0 Å². The van der Waals surface area contributed by atoms with Crippen molar-refractivity contribution >= 4 is 33.6 Å². The number of carboxylic acids is 1. The Balaban J connectivity index is 2.65. The highest BCUT2D eigenvalue weighted by molar-refractivity contribution is 9.10. The molecule has 1 rings (SSSR count). The Bertz CT molecular complexity index is 487. The van der Waals surface area contributed by atoms with E-state index in [-0.39, 0.29) is 11.6 Å². The van der Waals surface area contributed by atoms with E-state index in [0.717, 1.165) is 12.8 Å². The number of hydrogen-bond donors (Lipinski definition) is 3. The van der Waals surface area contributed by atoms with Gasteiger partial charge in [0.2, 0.25) is 0 Å². The predicted molar refractivity (Wildman–Crippen MR) is 82.2 cm³/mol. The molecule has 0 atom stereocenters. The van der Waals surface area contributed by atoms with Gasteiger partial charge in [-0.05, 0) is 40.0 Å². The molecule has 0 aliphatic heterocycles. The zero-order valence-corrected chi connectivity index (χ0v) is 13.2. The maximum absolute atomic E-state index is 11.8. The van der Waals surface area contributed by atoms with Crippen LogP contribution < -0.4 is 10.6 Å². The molecule has 0 spiro atoms. The number of urea groups is 1. The molecule has 6 heteroatoms. The largest absolute Gasteiger partial charge is 0.478 e. The van der Waals surface area contributed by atoms with Gasteiger partial charge >= 0.3 is 12.0 Å². The fourth-order valence-corrected chi connectivity index (χ4v) is 2.08. The van der Waals surface area contributed by atoms with Gasteiger partial charge in [-0.3, -0.25) is 0 Å². The zero-order chi connectivity index (χ0) is 15.1. The molecule has 0 aromatic heterocycles. The summed E-state index contributed by atoms with van der Waals surface area (Å²) in [4.78, 5) is 22.7. The Morgan fingerprint density at radius 1 is 1.30 bits per heavy atom.